The number of amides is 1. The second-order valence-electron chi connectivity index (χ2n) is 6.68. The predicted octanol–water partition coefficient (Wildman–Crippen LogP) is 3.68. The smallest absolute Gasteiger partial charge is 0.259 e. The Hall–Kier alpha value is -2.09. The number of ether oxygens (including phenoxy) is 1. The van der Waals surface area contributed by atoms with E-state index in [1.165, 1.54) is 37.4 Å². The number of hydrogen-bond donors (Lipinski definition) is 2. The van der Waals surface area contributed by atoms with Crippen molar-refractivity contribution < 1.29 is 17.9 Å². The molecule has 6 nitrogen and oxygen atoms in total. The molecule has 8 heteroatoms. The Morgan fingerprint density at radius 3 is 2.23 bits per heavy atom. The number of benzene rings is 2. The molecule has 0 atom stereocenters. The van der Waals surface area contributed by atoms with Crippen LogP contribution in [0.15, 0.2) is 47.4 Å². The van der Waals surface area contributed by atoms with E-state index < -0.39 is 21.5 Å². The molecule has 0 heterocycles. The van der Waals surface area contributed by atoms with E-state index in [1.54, 1.807) is 32.9 Å². The fraction of sp³-hybridized carbons (Fsp3) is 0.278. The summed E-state index contributed by atoms with van der Waals surface area (Å²) in [6, 6.07) is 10.6. The van der Waals surface area contributed by atoms with Crippen LogP contribution in [0.25, 0.3) is 0 Å². The summed E-state index contributed by atoms with van der Waals surface area (Å²) in [5, 5.41) is 3.10. The van der Waals surface area contributed by atoms with E-state index in [2.05, 4.69) is 10.0 Å². The van der Waals surface area contributed by atoms with E-state index in [4.69, 9.17) is 16.3 Å². The lowest BCUT2D eigenvalue weighted by atomic mass is 10.1. The third-order valence-corrected chi connectivity index (χ3v) is 5.28. The molecule has 0 aliphatic heterocycles. The molecule has 2 aromatic carbocycles. The van der Waals surface area contributed by atoms with E-state index in [0.717, 1.165) is 0 Å². The van der Waals surface area contributed by atoms with Crippen molar-refractivity contribution in [1.29, 1.82) is 0 Å². The lowest BCUT2D eigenvalue weighted by Gasteiger charge is -2.20. The molecule has 0 spiro atoms. The summed E-state index contributed by atoms with van der Waals surface area (Å²) >= 11 is 5.94. The molecule has 2 rings (SSSR count). The molecule has 1 amide bonds. The summed E-state index contributed by atoms with van der Waals surface area (Å²) in [5.74, 6) is -0.0201. The van der Waals surface area contributed by atoms with Crippen molar-refractivity contribution in [3.05, 3.63) is 53.1 Å². The molecular formula is C18H21ClN2O4S. The van der Waals surface area contributed by atoms with Crippen molar-refractivity contribution in [2.75, 3.05) is 12.4 Å². The second kappa shape index (κ2) is 7.65. The van der Waals surface area contributed by atoms with Crippen LogP contribution >= 0.6 is 11.6 Å². The Kier molecular flexibility index (Phi) is 5.95. The minimum absolute atomic E-state index is 0.116. The Bertz CT molecular complexity index is 904. The lowest BCUT2D eigenvalue weighted by molar-refractivity contribution is 0.102. The minimum Gasteiger partial charge on any atom is -0.496 e. The maximum absolute atomic E-state index is 12.4. The molecule has 0 aliphatic carbocycles. The molecule has 2 aromatic rings. The van der Waals surface area contributed by atoms with Crippen molar-refractivity contribution in [2.24, 2.45) is 0 Å². The van der Waals surface area contributed by atoms with Gasteiger partial charge in [-0.1, -0.05) is 11.6 Å². The third kappa shape index (κ3) is 5.20. The number of carbonyl (C=O) groups is 1. The number of nitrogens with one attached hydrogen (secondary N) is 2. The molecule has 26 heavy (non-hydrogen) atoms. The largest absolute Gasteiger partial charge is 0.496 e. The van der Waals surface area contributed by atoms with Gasteiger partial charge in [0.25, 0.3) is 5.91 Å². The molecule has 0 aliphatic rings. The van der Waals surface area contributed by atoms with Gasteiger partial charge < -0.3 is 10.1 Å². The highest BCUT2D eigenvalue weighted by Crippen LogP contribution is 2.24. The van der Waals surface area contributed by atoms with Gasteiger partial charge in [-0.05, 0) is 63.2 Å². The van der Waals surface area contributed by atoms with Crippen LogP contribution in [0.4, 0.5) is 5.69 Å². The van der Waals surface area contributed by atoms with Gasteiger partial charge in [-0.3, -0.25) is 4.79 Å². The molecule has 0 fully saturated rings. The van der Waals surface area contributed by atoms with Crippen LogP contribution in [-0.4, -0.2) is 27.0 Å². The zero-order valence-corrected chi connectivity index (χ0v) is 16.5. The van der Waals surface area contributed by atoms with Gasteiger partial charge in [0, 0.05) is 16.2 Å². The fourth-order valence-corrected chi connectivity index (χ4v) is 3.83. The topological polar surface area (TPSA) is 84.5 Å². The zero-order valence-electron chi connectivity index (χ0n) is 15.0. The number of halogens is 1. The van der Waals surface area contributed by atoms with Gasteiger partial charge in [0.05, 0.1) is 17.6 Å². The van der Waals surface area contributed by atoms with Gasteiger partial charge in [0.1, 0.15) is 5.75 Å². The highest BCUT2D eigenvalue weighted by atomic mass is 35.5. The van der Waals surface area contributed by atoms with Crippen molar-refractivity contribution in [2.45, 2.75) is 31.2 Å². The fourth-order valence-electron chi connectivity index (χ4n) is 2.24. The Labute approximate surface area is 158 Å². The minimum atomic E-state index is -3.63. The average Bonchev–Trinajstić information content (AvgIpc) is 2.53. The summed E-state index contributed by atoms with van der Waals surface area (Å²) in [7, 11) is -2.17. The molecule has 0 aromatic heterocycles. The molecule has 0 unspecified atom stereocenters. The van der Waals surface area contributed by atoms with Crippen molar-refractivity contribution in [3.63, 3.8) is 0 Å². The van der Waals surface area contributed by atoms with Crippen LogP contribution in [0, 0.1) is 0 Å². The summed E-state index contributed by atoms with van der Waals surface area (Å²) in [6.07, 6.45) is 0. The first-order valence-corrected chi connectivity index (χ1v) is 9.67. The van der Waals surface area contributed by atoms with Gasteiger partial charge in [0.2, 0.25) is 10.0 Å². The monoisotopic (exact) mass is 396 g/mol. The number of carbonyl (C=O) groups excluding carboxylic acids is 1. The van der Waals surface area contributed by atoms with E-state index >= 15 is 0 Å². The zero-order chi connectivity index (χ0) is 19.5. The highest BCUT2D eigenvalue weighted by molar-refractivity contribution is 7.89. The molecule has 0 bridgehead atoms. The first-order valence-electron chi connectivity index (χ1n) is 7.81. The predicted molar refractivity (Wildman–Crippen MR) is 102 cm³/mol. The number of methoxy groups -OCH3 is 1. The Morgan fingerprint density at radius 1 is 1.08 bits per heavy atom. The second-order valence-corrected chi connectivity index (χ2v) is 8.80. The number of sulfonamides is 1. The average molecular weight is 397 g/mol. The lowest BCUT2D eigenvalue weighted by Crippen LogP contribution is -2.40. The van der Waals surface area contributed by atoms with Crippen LogP contribution < -0.4 is 14.8 Å². The first-order chi connectivity index (χ1) is 12.0. The van der Waals surface area contributed by atoms with Crippen LogP contribution in [0.3, 0.4) is 0 Å². The van der Waals surface area contributed by atoms with Crippen LogP contribution in [0.2, 0.25) is 5.02 Å². The first kappa shape index (κ1) is 20.2. The molecule has 0 saturated heterocycles. The van der Waals surface area contributed by atoms with Gasteiger partial charge in [0.15, 0.2) is 0 Å². The normalized spacial score (nSPS) is 11.9. The summed E-state index contributed by atoms with van der Waals surface area (Å²) < 4.78 is 32.3. The van der Waals surface area contributed by atoms with Crippen molar-refractivity contribution in [1.82, 2.24) is 4.72 Å². The number of hydrogen-bond acceptors (Lipinski definition) is 4. The Balaban J connectivity index is 2.20. The Morgan fingerprint density at radius 2 is 1.69 bits per heavy atom. The van der Waals surface area contributed by atoms with Gasteiger partial charge >= 0.3 is 0 Å². The summed E-state index contributed by atoms with van der Waals surface area (Å²) in [6.45, 7) is 5.28. The van der Waals surface area contributed by atoms with Crippen molar-refractivity contribution in [3.8, 4) is 5.75 Å². The van der Waals surface area contributed by atoms with E-state index in [9.17, 15) is 13.2 Å². The van der Waals surface area contributed by atoms with Gasteiger partial charge in [-0.15, -0.1) is 0 Å². The summed E-state index contributed by atoms with van der Waals surface area (Å²) in [5.41, 5.74) is 0.146. The highest BCUT2D eigenvalue weighted by Gasteiger charge is 2.22. The molecule has 0 radical (unpaired) electrons. The van der Waals surface area contributed by atoms with E-state index in [1.807, 2.05) is 0 Å². The molecule has 2 N–H and O–H groups in total. The van der Waals surface area contributed by atoms with Crippen LogP contribution in [0.5, 0.6) is 5.75 Å². The van der Waals surface area contributed by atoms with Gasteiger partial charge in [-0.2, -0.15) is 0 Å². The maximum atomic E-state index is 12.4. The standard InChI is InChI=1S/C18H21ClN2O4S/c1-18(2,3)21-26(23,24)14-8-6-13(7-9-14)20-17(22)15-11-12(19)5-10-16(15)25-4/h5-11,21H,1-4H3,(H,20,22). The number of rotatable bonds is 5. The van der Waals surface area contributed by atoms with E-state index in [-0.39, 0.29) is 10.5 Å². The number of anilines is 1. The third-order valence-electron chi connectivity index (χ3n) is 3.27. The van der Waals surface area contributed by atoms with Crippen LogP contribution in [-0.2, 0) is 10.0 Å². The summed E-state index contributed by atoms with van der Waals surface area (Å²) in [4.78, 5) is 12.6. The van der Waals surface area contributed by atoms with Gasteiger partial charge in [-0.25, -0.2) is 13.1 Å². The molecular weight excluding hydrogens is 376 g/mol. The SMILES string of the molecule is COc1ccc(Cl)cc1C(=O)Nc1ccc(S(=O)(=O)NC(C)(C)C)cc1. The molecule has 140 valence electrons. The van der Waals surface area contributed by atoms with E-state index in [0.29, 0.717) is 16.5 Å². The molecule has 0 saturated carbocycles. The quantitative estimate of drug-likeness (QED) is 0.807. The van der Waals surface area contributed by atoms with Crippen molar-refractivity contribution >= 4 is 33.2 Å². The van der Waals surface area contributed by atoms with Crippen LogP contribution in [0.1, 0.15) is 31.1 Å². The maximum Gasteiger partial charge on any atom is 0.259 e.